The number of piperidine rings is 1. The minimum absolute atomic E-state index is 0.164. The van der Waals surface area contributed by atoms with Gasteiger partial charge in [0, 0.05) is 18.8 Å². The van der Waals surface area contributed by atoms with Crippen molar-refractivity contribution in [3.63, 3.8) is 0 Å². The SMILES string of the molecule is Cc1cccnc1CN1CCCCC1CC(=O)O. The van der Waals surface area contributed by atoms with Gasteiger partial charge in [-0.25, -0.2) is 0 Å². The summed E-state index contributed by atoms with van der Waals surface area (Å²) < 4.78 is 0. The van der Waals surface area contributed by atoms with Crippen LogP contribution in [0.1, 0.15) is 36.9 Å². The van der Waals surface area contributed by atoms with Crippen molar-refractivity contribution in [3.05, 3.63) is 29.6 Å². The summed E-state index contributed by atoms with van der Waals surface area (Å²) in [6.07, 6.45) is 5.32. The maximum Gasteiger partial charge on any atom is 0.304 e. The van der Waals surface area contributed by atoms with Crippen LogP contribution in [-0.4, -0.2) is 33.5 Å². The molecule has 0 radical (unpaired) electrons. The third-order valence-corrected chi connectivity index (χ3v) is 3.63. The van der Waals surface area contributed by atoms with E-state index in [-0.39, 0.29) is 12.5 Å². The Morgan fingerprint density at radius 2 is 2.39 bits per heavy atom. The van der Waals surface area contributed by atoms with Crippen molar-refractivity contribution in [2.24, 2.45) is 0 Å². The van der Waals surface area contributed by atoms with Crippen LogP contribution in [0.3, 0.4) is 0 Å². The Morgan fingerprint density at radius 1 is 1.56 bits per heavy atom. The molecular weight excluding hydrogens is 228 g/mol. The summed E-state index contributed by atoms with van der Waals surface area (Å²) in [6, 6.07) is 4.15. The van der Waals surface area contributed by atoms with E-state index in [0.29, 0.717) is 0 Å². The molecule has 2 rings (SSSR count). The molecule has 1 atom stereocenters. The standard InChI is InChI=1S/C14H20N2O2/c1-11-5-4-7-15-13(11)10-16-8-3-2-6-12(16)9-14(17)18/h4-5,7,12H,2-3,6,8-10H2,1H3,(H,17,18). The molecule has 0 aliphatic carbocycles. The number of aromatic nitrogens is 1. The fourth-order valence-electron chi connectivity index (χ4n) is 2.58. The Bertz CT molecular complexity index is 420. The van der Waals surface area contributed by atoms with Crippen LogP contribution in [0.25, 0.3) is 0 Å². The van der Waals surface area contributed by atoms with Crippen molar-refractivity contribution < 1.29 is 9.90 Å². The normalized spacial score (nSPS) is 20.8. The van der Waals surface area contributed by atoms with Crippen LogP contribution in [0, 0.1) is 6.92 Å². The Hall–Kier alpha value is -1.42. The summed E-state index contributed by atoms with van der Waals surface area (Å²) >= 11 is 0. The Morgan fingerprint density at radius 3 is 3.11 bits per heavy atom. The van der Waals surface area contributed by atoms with Crippen molar-refractivity contribution in [2.45, 2.75) is 45.2 Å². The lowest BCUT2D eigenvalue weighted by molar-refractivity contribution is -0.138. The lowest BCUT2D eigenvalue weighted by atomic mass is 9.99. The van der Waals surface area contributed by atoms with Gasteiger partial charge in [0.25, 0.3) is 0 Å². The molecule has 1 aromatic heterocycles. The zero-order valence-electron chi connectivity index (χ0n) is 10.8. The minimum atomic E-state index is -0.704. The molecule has 4 nitrogen and oxygen atoms in total. The van der Waals surface area contributed by atoms with Gasteiger partial charge in [0.2, 0.25) is 0 Å². The zero-order chi connectivity index (χ0) is 13.0. The number of rotatable bonds is 4. The second-order valence-electron chi connectivity index (χ2n) is 4.98. The number of nitrogens with zero attached hydrogens (tertiary/aromatic N) is 2. The van der Waals surface area contributed by atoms with Crippen LogP contribution in [0.15, 0.2) is 18.3 Å². The first-order valence-corrected chi connectivity index (χ1v) is 6.53. The molecule has 18 heavy (non-hydrogen) atoms. The Kier molecular flexibility index (Phi) is 4.31. The molecule has 0 bridgehead atoms. The smallest absolute Gasteiger partial charge is 0.304 e. The van der Waals surface area contributed by atoms with E-state index in [4.69, 9.17) is 5.11 Å². The predicted molar refractivity (Wildman–Crippen MR) is 69.3 cm³/mol. The highest BCUT2D eigenvalue weighted by molar-refractivity contribution is 5.67. The Labute approximate surface area is 108 Å². The van der Waals surface area contributed by atoms with Gasteiger partial charge in [-0.2, -0.15) is 0 Å². The second kappa shape index (κ2) is 5.96. The quantitative estimate of drug-likeness (QED) is 0.887. The topological polar surface area (TPSA) is 53.4 Å². The summed E-state index contributed by atoms with van der Waals surface area (Å²) in [5.41, 5.74) is 2.24. The number of likely N-dealkylation sites (tertiary alicyclic amines) is 1. The third kappa shape index (κ3) is 3.29. The molecule has 1 aliphatic heterocycles. The first kappa shape index (κ1) is 13.0. The lowest BCUT2D eigenvalue weighted by Crippen LogP contribution is -2.40. The average molecular weight is 248 g/mol. The highest BCUT2D eigenvalue weighted by atomic mass is 16.4. The van der Waals surface area contributed by atoms with Gasteiger partial charge < -0.3 is 5.11 Å². The fraction of sp³-hybridized carbons (Fsp3) is 0.571. The van der Waals surface area contributed by atoms with E-state index in [1.807, 2.05) is 6.07 Å². The summed E-state index contributed by atoms with van der Waals surface area (Å²) in [6.45, 7) is 3.80. The molecule has 98 valence electrons. The first-order valence-electron chi connectivity index (χ1n) is 6.53. The molecule has 1 unspecified atom stereocenters. The summed E-state index contributed by atoms with van der Waals surface area (Å²) in [7, 11) is 0. The maximum atomic E-state index is 10.9. The average Bonchev–Trinajstić information content (AvgIpc) is 2.34. The number of hydrogen-bond acceptors (Lipinski definition) is 3. The molecule has 1 fully saturated rings. The number of carboxylic acids is 1. The van der Waals surface area contributed by atoms with Gasteiger partial charge in [0.1, 0.15) is 0 Å². The van der Waals surface area contributed by atoms with Crippen LogP contribution in [0.4, 0.5) is 0 Å². The van der Waals surface area contributed by atoms with Gasteiger partial charge in [0.05, 0.1) is 12.1 Å². The number of aryl methyl sites for hydroxylation is 1. The highest BCUT2D eigenvalue weighted by Gasteiger charge is 2.25. The van der Waals surface area contributed by atoms with E-state index in [2.05, 4.69) is 22.9 Å². The molecule has 0 spiro atoms. The number of aliphatic carboxylic acids is 1. The summed E-state index contributed by atoms with van der Waals surface area (Å²) in [5, 5.41) is 8.96. The fourth-order valence-corrected chi connectivity index (χ4v) is 2.58. The zero-order valence-corrected chi connectivity index (χ0v) is 10.8. The van der Waals surface area contributed by atoms with Gasteiger partial charge in [-0.05, 0) is 37.9 Å². The minimum Gasteiger partial charge on any atom is -0.481 e. The first-order chi connectivity index (χ1) is 8.66. The van der Waals surface area contributed by atoms with Crippen molar-refractivity contribution >= 4 is 5.97 Å². The van der Waals surface area contributed by atoms with Crippen molar-refractivity contribution in [3.8, 4) is 0 Å². The van der Waals surface area contributed by atoms with Gasteiger partial charge in [-0.3, -0.25) is 14.7 Å². The van der Waals surface area contributed by atoms with Crippen LogP contribution >= 0.6 is 0 Å². The second-order valence-corrected chi connectivity index (χ2v) is 4.98. The highest BCUT2D eigenvalue weighted by Crippen LogP contribution is 2.22. The number of hydrogen-bond donors (Lipinski definition) is 1. The summed E-state index contributed by atoms with van der Waals surface area (Å²) in [5.74, 6) is -0.704. The molecular formula is C14H20N2O2. The van der Waals surface area contributed by atoms with Crippen LogP contribution < -0.4 is 0 Å². The van der Waals surface area contributed by atoms with E-state index in [0.717, 1.165) is 38.0 Å². The van der Waals surface area contributed by atoms with Gasteiger partial charge >= 0.3 is 5.97 Å². The molecule has 0 amide bonds. The van der Waals surface area contributed by atoms with Crippen molar-refractivity contribution in [1.82, 2.24) is 9.88 Å². The number of pyridine rings is 1. The van der Waals surface area contributed by atoms with Crippen molar-refractivity contribution in [1.29, 1.82) is 0 Å². The maximum absolute atomic E-state index is 10.9. The molecule has 1 N–H and O–H groups in total. The largest absolute Gasteiger partial charge is 0.481 e. The molecule has 2 heterocycles. The van der Waals surface area contributed by atoms with E-state index in [9.17, 15) is 4.79 Å². The molecule has 1 aliphatic rings. The van der Waals surface area contributed by atoms with Crippen LogP contribution in [0.2, 0.25) is 0 Å². The monoisotopic (exact) mass is 248 g/mol. The third-order valence-electron chi connectivity index (χ3n) is 3.63. The molecule has 0 saturated carbocycles. The van der Waals surface area contributed by atoms with Gasteiger partial charge in [-0.15, -0.1) is 0 Å². The van der Waals surface area contributed by atoms with Crippen molar-refractivity contribution in [2.75, 3.05) is 6.54 Å². The van der Waals surface area contributed by atoms with Gasteiger partial charge in [-0.1, -0.05) is 12.5 Å². The Balaban J connectivity index is 2.05. The number of carbonyl (C=O) groups is 1. The van der Waals surface area contributed by atoms with E-state index >= 15 is 0 Å². The summed E-state index contributed by atoms with van der Waals surface area (Å²) in [4.78, 5) is 17.6. The predicted octanol–water partition coefficient (Wildman–Crippen LogP) is 2.22. The molecule has 4 heteroatoms. The number of carboxylic acid groups (broad SMARTS) is 1. The molecule has 0 aromatic carbocycles. The van der Waals surface area contributed by atoms with Crippen LogP contribution in [-0.2, 0) is 11.3 Å². The molecule has 1 saturated heterocycles. The van der Waals surface area contributed by atoms with Crippen LogP contribution in [0.5, 0.6) is 0 Å². The lowest BCUT2D eigenvalue weighted by Gasteiger charge is -2.34. The molecule has 1 aromatic rings. The van der Waals surface area contributed by atoms with Gasteiger partial charge in [0.15, 0.2) is 0 Å². The van der Waals surface area contributed by atoms with E-state index < -0.39 is 5.97 Å². The van der Waals surface area contributed by atoms with E-state index in [1.165, 1.54) is 5.56 Å². The van der Waals surface area contributed by atoms with E-state index in [1.54, 1.807) is 6.20 Å².